The third-order valence-electron chi connectivity index (χ3n) is 7.45. The molecule has 7 nitrogen and oxygen atoms in total. The second-order valence-electron chi connectivity index (χ2n) is 9.69. The molecule has 2 aliphatic heterocycles. The molecule has 0 N–H and O–H groups in total. The first-order chi connectivity index (χ1) is 15.7. The molecule has 3 aliphatic rings. The van der Waals surface area contributed by atoms with Crippen molar-refractivity contribution in [1.82, 2.24) is 15.0 Å². The summed E-state index contributed by atoms with van der Waals surface area (Å²) in [5, 5.41) is 3.84. The highest BCUT2D eigenvalue weighted by Gasteiger charge is 2.27. The molecule has 5 rings (SSSR count). The topological polar surface area (TPSA) is 71.7 Å². The maximum absolute atomic E-state index is 12.4. The first kappa shape index (κ1) is 21.4. The third kappa shape index (κ3) is 4.82. The van der Waals surface area contributed by atoms with Crippen molar-refractivity contribution in [1.29, 1.82) is 0 Å². The van der Waals surface area contributed by atoms with Crippen molar-refractivity contribution in [2.75, 3.05) is 44.2 Å². The lowest BCUT2D eigenvalue weighted by atomic mass is 9.78. The van der Waals surface area contributed by atoms with Gasteiger partial charge in [0, 0.05) is 56.8 Å². The molecule has 2 aromatic rings. The summed E-state index contributed by atoms with van der Waals surface area (Å²) in [5.41, 5.74) is 2.07. The molecule has 4 heterocycles. The van der Waals surface area contributed by atoms with E-state index in [1.807, 2.05) is 13.1 Å². The van der Waals surface area contributed by atoms with E-state index in [2.05, 4.69) is 26.0 Å². The summed E-state index contributed by atoms with van der Waals surface area (Å²) in [6.07, 6.45) is 9.58. The average molecular weight is 439 g/mol. The lowest BCUT2D eigenvalue weighted by molar-refractivity contribution is 0.0903. The van der Waals surface area contributed by atoms with Gasteiger partial charge < -0.3 is 14.2 Å². The van der Waals surface area contributed by atoms with E-state index in [1.165, 1.54) is 31.4 Å². The highest BCUT2D eigenvalue weighted by Crippen LogP contribution is 2.35. The molecule has 1 aliphatic carbocycles. The second kappa shape index (κ2) is 9.61. The number of pyridine rings is 1. The van der Waals surface area contributed by atoms with Crippen molar-refractivity contribution in [2.24, 2.45) is 11.8 Å². The number of anilines is 1. The van der Waals surface area contributed by atoms with Crippen LogP contribution in [0.5, 0.6) is 5.75 Å². The van der Waals surface area contributed by atoms with Crippen LogP contribution in [0.3, 0.4) is 0 Å². The van der Waals surface area contributed by atoms with Crippen LogP contribution in [-0.2, 0) is 6.42 Å². The molecule has 0 aromatic carbocycles. The van der Waals surface area contributed by atoms with Gasteiger partial charge in [-0.15, -0.1) is 0 Å². The molecule has 0 radical (unpaired) electrons. The van der Waals surface area contributed by atoms with Crippen LogP contribution in [0.25, 0.3) is 0 Å². The summed E-state index contributed by atoms with van der Waals surface area (Å²) in [5.74, 6) is 3.86. The SMILES string of the molecule is Cc1cc(C(=O)CC2CCC(CCN3CCN(c4nccc5c4OCC5)CC3)CC2)on1. The lowest BCUT2D eigenvalue weighted by Crippen LogP contribution is -2.47. The summed E-state index contributed by atoms with van der Waals surface area (Å²) in [4.78, 5) is 22.0. The fraction of sp³-hybridized carbons (Fsp3) is 0.640. The standard InChI is InChI=1S/C25H34N4O3/c1-18-16-23(32-27-18)22(30)17-20-4-2-19(3-5-20)7-10-28-11-13-29(14-12-28)25-24-21(6-9-26-25)8-15-31-24/h6,9,16,19-20H,2-5,7-8,10-15,17H2,1H3. The molecule has 0 atom stereocenters. The van der Waals surface area contributed by atoms with Gasteiger partial charge in [0.1, 0.15) is 0 Å². The van der Waals surface area contributed by atoms with E-state index < -0.39 is 0 Å². The number of piperazine rings is 1. The van der Waals surface area contributed by atoms with Gasteiger partial charge in [-0.1, -0.05) is 18.0 Å². The van der Waals surface area contributed by atoms with Crippen molar-refractivity contribution in [3.05, 3.63) is 35.3 Å². The lowest BCUT2D eigenvalue weighted by Gasteiger charge is -2.37. The molecule has 172 valence electrons. The molecule has 0 amide bonds. The maximum Gasteiger partial charge on any atom is 0.202 e. The average Bonchev–Trinajstić information content (AvgIpc) is 3.48. The molecule has 2 aromatic heterocycles. The Morgan fingerprint density at radius 3 is 2.66 bits per heavy atom. The van der Waals surface area contributed by atoms with E-state index in [0.717, 1.165) is 75.2 Å². The number of hydrogen-bond acceptors (Lipinski definition) is 7. The van der Waals surface area contributed by atoms with Crippen molar-refractivity contribution < 1.29 is 14.1 Å². The summed E-state index contributed by atoms with van der Waals surface area (Å²) >= 11 is 0. The Hall–Kier alpha value is -2.41. The Labute approximate surface area is 190 Å². The molecule has 0 unspecified atom stereocenters. The molecule has 32 heavy (non-hydrogen) atoms. The van der Waals surface area contributed by atoms with Gasteiger partial charge in [-0.2, -0.15) is 0 Å². The van der Waals surface area contributed by atoms with Crippen LogP contribution in [0.2, 0.25) is 0 Å². The Morgan fingerprint density at radius 2 is 1.91 bits per heavy atom. The highest BCUT2D eigenvalue weighted by atomic mass is 16.5. The molecule has 7 heteroatoms. The van der Waals surface area contributed by atoms with Gasteiger partial charge in [0.2, 0.25) is 11.5 Å². The normalized spacial score (nSPS) is 23.7. The van der Waals surface area contributed by atoms with Gasteiger partial charge >= 0.3 is 0 Å². The van der Waals surface area contributed by atoms with E-state index in [4.69, 9.17) is 9.26 Å². The van der Waals surface area contributed by atoms with Crippen molar-refractivity contribution >= 4 is 11.6 Å². The molecular formula is C25H34N4O3. The van der Waals surface area contributed by atoms with Crippen LogP contribution in [0.15, 0.2) is 22.9 Å². The van der Waals surface area contributed by atoms with Crippen LogP contribution in [0.1, 0.15) is 60.3 Å². The van der Waals surface area contributed by atoms with E-state index in [0.29, 0.717) is 18.1 Å². The smallest absolute Gasteiger partial charge is 0.202 e. The molecule has 0 spiro atoms. The zero-order valence-electron chi connectivity index (χ0n) is 19.1. The largest absolute Gasteiger partial charge is 0.489 e. The highest BCUT2D eigenvalue weighted by molar-refractivity contribution is 5.93. The number of rotatable bonds is 7. The number of carbonyl (C=O) groups is 1. The van der Waals surface area contributed by atoms with E-state index in [-0.39, 0.29) is 5.78 Å². The van der Waals surface area contributed by atoms with Gasteiger partial charge in [0.25, 0.3) is 0 Å². The van der Waals surface area contributed by atoms with Crippen molar-refractivity contribution in [3.8, 4) is 5.75 Å². The zero-order valence-corrected chi connectivity index (χ0v) is 19.1. The fourth-order valence-electron chi connectivity index (χ4n) is 5.45. The predicted molar refractivity (Wildman–Crippen MR) is 122 cm³/mol. The van der Waals surface area contributed by atoms with E-state index >= 15 is 0 Å². The summed E-state index contributed by atoms with van der Waals surface area (Å²) in [6.45, 7) is 8.02. The zero-order chi connectivity index (χ0) is 21.9. The molecule has 1 saturated heterocycles. The van der Waals surface area contributed by atoms with Gasteiger partial charge in [0.15, 0.2) is 11.6 Å². The minimum Gasteiger partial charge on any atom is -0.489 e. The Bertz CT molecular complexity index is 927. The van der Waals surface area contributed by atoms with Crippen LogP contribution >= 0.6 is 0 Å². The number of aromatic nitrogens is 2. The number of ketones is 1. The van der Waals surface area contributed by atoms with Crippen molar-refractivity contribution in [3.63, 3.8) is 0 Å². The number of Topliss-reactive ketones (excluding diaryl/α,β-unsaturated/α-hetero) is 1. The number of carbonyl (C=O) groups excluding carboxylic acids is 1. The van der Waals surface area contributed by atoms with Crippen LogP contribution in [0, 0.1) is 18.8 Å². The van der Waals surface area contributed by atoms with Gasteiger partial charge in [-0.25, -0.2) is 4.98 Å². The van der Waals surface area contributed by atoms with Crippen molar-refractivity contribution in [2.45, 2.75) is 51.9 Å². The van der Waals surface area contributed by atoms with E-state index in [9.17, 15) is 4.79 Å². The molecule has 0 bridgehead atoms. The minimum absolute atomic E-state index is 0.107. The molecular weight excluding hydrogens is 404 g/mol. The Balaban J connectivity index is 1.02. The predicted octanol–water partition coefficient (Wildman–Crippen LogP) is 3.90. The third-order valence-corrected chi connectivity index (χ3v) is 7.45. The number of fused-ring (bicyclic) bond motifs is 1. The van der Waals surface area contributed by atoms with Gasteiger partial charge in [-0.3, -0.25) is 9.69 Å². The first-order valence-corrected chi connectivity index (χ1v) is 12.2. The minimum atomic E-state index is 0.107. The Morgan fingerprint density at radius 1 is 1.12 bits per heavy atom. The summed E-state index contributed by atoms with van der Waals surface area (Å²) in [7, 11) is 0. The second-order valence-corrected chi connectivity index (χ2v) is 9.69. The molecule has 1 saturated carbocycles. The first-order valence-electron chi connectivity index (χ1n) is 12.2. The van der Waals surface area contributed by atoms with Gasteiger partial charge in [-0.05, 0) is 50.6 Å². The quantitative estimate of drug-likeness (QED) is 0.607. The van der Waals surface area contributed by atoms with Gasteiger partial charge in [0.05, 0.1) is 12.3 Å². The fourth-order valence-corrected chi connectivity index (χ4v) is 5.45. The van der Waals surface area contributed by atoms with E-state index in [1.54, 1.807) is 6.07 Å². The van der Waals surface area contributed by atoms with Crippen LogP contribution in [0.4, 0.5) is 5.82 Å². The molecule has 2 fully saturated rings. The number of nitrogens with zero attached hydrogens (tertiary/aromatic N) is 4. The van der Waals surface area contributed by atoms with Crippen LogP contribution in [-0.4, -0.2) is 60.2 Å². The number of hydrogen-bond donors (Lipinski definition) is 0. The summed E-state index contributed by atoms with van der Waals surface area (Å²) in [6, 6.07) is 3.84. The summed E-state index contributed by atoms with van der Waals surface area (Å²) < 4.78 is 11.0. The number of ether oxygens (including phenoxy) is 1. The Kier molecular flexibility index (Phi) is 6.44. The maximum atomic E-state index is 12.4. The number of aryl methyl sites for hydroxylation is 1. The van der Waals surface area contributed by atoms with Crippen LogP contribution < -0.4 is 9.64 Å². The monoisotopic (exact) mass is 438 g/mol.